The van der Waals surface area contributed by atoms with Crippen molar-refractivity contribution in [3.8, 4) is 11.5 Å². The van der Waals surface area contributed by atoms with Gasteiger partial charge in [-0.2, -0.15) is 0 Å². The van der Waals surface area contributed by atoms with Crippen molar-refractivity contribution in [3.05, 3.63) is 137 Å². The number of fused-ring (bicyclic) bond motifs is 2. The van der Waals surface area contributed by atoms with Crippen LogP contribution in [0.4, 0.5) is 20.2 Å². The van der Waals surface area contributed by atoms with Gasteiger partial charge < -0.3 is 25.0 Å². The van der Waals surface area contributed by atoms with E-state index in [2.05, 4.69) is 0 Å². The smallest absolute Gasteiger partial charge is 0.340 e. The molecule has 11 heteroatoms. The monoisotopic (exact) mass is 648 g/mol. The number of halogens is 4. The second kappa shape index (κ2) is 12.3. The van der Waals surface area contributed by atoms with E-state index in [-0.39, 0.29) is 67.8 Å². The van der Waals surface area contributed by atoms with Crippen molar-refractivity contribution < 1.29 is 22.4 Å². The molecule has 7 nitrogen and oxygen atoms in total. The Bertz CT molecular complexity index is 2080. The number of ether oxygens (including phenoxy) is 1. The fourth-order valence-corrected chi connectivity index (χ4v) is 5.76. The third kappa shape index (κ3) is 5.96. The summed E-state index contributed by atoms with van der Waals surface area (Å²) in [5.41, 5.74) is 13.4. The number of nitrogens with two attached hydrogens (primary N) is 2. The van der Waals surface area contributed by atoms with E-state index in [0.717, 1.165) is 0 Å². The maximum absolute atomic E-state index is 14.4. The highest BCUT2D eigenvalue weighted by atomic mass is 35.5. The van der Waals surface area contributed by atoms with Crippen LogP contribution in [0.1, 0.15) is 33.4 Å². The molecule has 45 heavy (non-hydrogen) atoms. The van der Waals surface area contributed by atoms with Crippen LogP contribution in [-0.2, 0) is 26.2 Å². The molecule has 0 spiro atoms. The van der Waals surface area contributed by atoms with Crippen molar-refractivity contribution in [1.29, 1.82) is 0 Å². The molecule has 0 saturated carbocycles. The van der Waals surface area contributed by atoms with Gasteiger partial charge in [0.1, 0.15) is 36.0 Å². The van der Waals surface area contributed by atoms with Crippen molar-refractivity contribution in [1.82, 2.24) is 0 Å². The van der Waals surface area contributed by atoms with Crippen molar-refractivity contribution in [2.45, 2.75) is 26.2 Å². The molecule has 0 amide bonds. The van der Waals surface area contributed by atoms with Crippen LogP contribution in [0.2, 0.25) is 10.0 Å². The van der Waals surface area contributed by atoms with Crippen molar-refractivity contribution in [2.75, 3.05) is 11.5 Å². The molecule has 0 aliphatic carbocycles. The number of rotatable bonds is 8. The maximum Gasteiger partial charge on any atom is 0.340 e. The van der Waals surface area contributed by atoms with Gasteiger partial charge in [0.25, 0.3) is 0 Å². The van der Waals surface area contributed by atoms with E-state index in [4.69, 9.17) is 48.2 Å². The molecule has 4 aromatic carbocycles. The van der Waals surface area contributed by atoms with Gasteiger partial charge in [0.15, 0.2) is 0 Å². The molecule has 0 aliphatic rings. The Morgan fingerprint density at radius 2 is 1.04 bits per heavy atom. The molecule has 0 unspecified atom stereocenters. The summed E-state index contributed by atoms with van der Waals surface area (Å²) < 4.78 is 45.8. The summed E-state index contributed by atoms with van der Waals surface area (Å²) in [4.78, 5) is 25.9. The Morgan fingerprint density at radius 1 is 0.622 bits per heavy atom. The van der Waals surface area contributed by atoms with Gasteiger partial charge in [-0.15, -0.1) is 0 Å². The molecular formula is C34H24Cl2F2N2O5. The normalized spacial score (nSPS) is 11.4. The zero-order chi connectivity index (χ0) is 31.8. The summed E-state index contributed by atoms with van der Waals surface area (Å²) in [5.74, 6) is 0.0709. The van der Waals surface area contributed by atoms with Crippen LogP contribution in [0.15, 0.2) is 91.2 Å². The van der Waals surface area contributed by atoms with E-state index in [9.17, 15) is 18.4 Å². The fourth-order valence-electron chi connectivity index (χ4n) is 5.36. The fraction of sp³-hybridized carbons (Fsp3) is 0.118. The summed E-state index contributed by atoms with van der Waals surface area (Å²) in [5, 5.41) is 0.731. The first kappa shape index (κ1) is 30.2. The summed E-state index contributed by atoms with van der Waals surface area (Å²) in [7, 11) is 0. The number of nitrogen functional groups attached to an aromatic ring is 2. The summed E-state index contributed by atoms with van der Waals surface area (Å²) in [6.45, 7) is -1.88. The molecule has 0 radical (unpaired) electrons. The molecule has 2 heterocycles. The molecule has 0 atom stereocenters. The van der Waals surface area contributed by atoms with Crippen LogP contribution >= 0.6 is 23.2 Å². The van der Waals surface area contributed by atoms with E-state index in [1.807, 2.05) is 0 Å². The minimum atomic E-state index is -0.942. The molecule has 6 aromatic rings. The third-order valence-electron chi connectivity index (χ3n) is 7.50. The Labute approximate surface area is 264 Å². The minimum Gasteiger partial charge on any atom is -0.454 e. The van der Waals surface area contributed by atoms with Gasteiger partial charge >= 0.3 is 11.3 Å². The average molecular weight is 649 g/mol. The molecule has 0 saturated heterocycles. The topological polar surface area (TPSA) is 122 Å². The number of benzene rings is 4. The van der Waals surface area contributed by atoms with Gasteiger partial charge in [0.05, 0.1) is 10.0 Å². The summed E-state index contributed by atoms with van der Waals surface area (Å²) in [6.07, 6.45) is 0.219. The second-order valence-corrected chi connectivity index (χ2v) is 11.3. The summed E-state index contributed by atoms with van der Waals surface area (Å²) >= 11 is 13.1. The van der Waals surface area contributed by atoms with E-state index < -0.39 is 24.6 Å². The zero-order valence-corrected chi connectivity index (χ0v) is 25.0. The highest BCUT2D eigenvalue weighted by molar-refractivity contribution is 6.33. The lowest BCUT2D eigenvalue weighted by Gasteiger charge is -2.14. The zero-order valence-electron chi connectivity index (χ0n) is 23.5. The molecule has 0 aliphatic heterocycles. The minimum absolute atomic E-state index is 0.0355. The predicted molar refractivity (Wildman–Crippen MR) is 172 cm³/mol. The molecule has 6 rings (SSSR count). The van der Waals surface area contributed by atoms with E-state index >= 15 is 0 Å². The molecule has 4 N–H and O–H groups in total. The number of hydrogen-bond donors (Lipinski definition) is 2. The van der Waals surface area contributed by atoms with Crippen LogP contribution in [0, 0.1) is 0 Å². The number of hydrogen-bond acceptors (Lipinski definition) is 7. The third-order valence-corrected chi connectivity index (χ3v) is 8.09. The second-order valence-electron chi connectivity index (χ2n) is 10.5. The highest BCUT2D eigenvalue weighted by Crippen LogP contribution is 2.40. The van der Waals surface area contributed by atoms with Gasteiger partial charge in [0, 0.05) is 69.4 Å². The van der Waals surface area contributed by atoms with Crippen molar-refractivity contribution in [2.24, 2.45) is 0 Å². The Kier molecular flexibility index (Phi) is 8.22. The predicted octanol–water partition coefficient (Wildman–Crippen LogP) is 8.28. The highest BCUT2D eigenvalue weighted by Gasteiger charge is 2.21. The Hall–Kier alpha value is -4.86. The van der Waals surface area contributed by atoms with Gasteiger partial charge in [-0.25, -0.2) is 18.4 Å². The number of anilines is 2. The first-order valence-electron chi connectivity index (χ1n) is 13.7. The Morgan fingerprint density at radius 3 is 1.42 bits per heavy atom. The van der Waals surface area contributed by atoms with Gasteiger partial charge in [-0.05, 0) is 47.5 Å². The van der Waals surface area contributed by atoms with Crippen LogP contribution in [-0.4, -0.2) is 0 Å². The first-order valence-corrected chi connectivity index (χ1v) is 14.5. The number of alkyl halides is 2. The summed E-state index contributed by atoms with van der Waals surface area (Å²) in [6, 6.07) is 19.4. The molecule has 0 fully saturated rings. The van der Waals surface area contributed by atoms with Gasteiger partial charge in [-0.3, -0.25) is 0 Å². The molecule has 0 bridgehead atoms. The first-order chi connectivity index (χ1) is 21.6. The average Bonchev–Trinajstić information content (AvgIpc) is 3.00. The Balaban J connectivity index is 1.38. The van der Waals surface area contributed by atoms with E-state index in [1.165, 1.54) is 24.3 Å². The lowest BCUT2D eigenvalue weighted by atomic mass is 9.98. The lowest BCUT2D eigenvalue weighted by molar-refractivity contribution is 0.468. The van der Waals surface area contributed by atoms with Crippen LogP contribution < -0.4 is 27.5 Å². The van der Waals surface area contributed by atoms with E-state index in [1.54, 1.807) is 48.5 Å². The van der Waals surface area contributed by atoms with E-state index in [0.29, 0.717) is 33.3 Å². The van der Waals surface area contributed by atoms with Gasteiger partial charge in [-0.1, -0.05) is 47.5 Å². The molecule has 228 valence electrons. The molecular weight excluding hydrogens is 625 g/mol. The van der Waals surface area contributed by atoms with Crippen LogP contribution in [0.5, 0.6) is 11.5 Å². The lowest BCUT2D eigenvalue weighted by Crippen LogP contribution is -2.12. The quantitative estimate of drug-likeness (QED) is 0.126. The molecule has 2 aromatic heterocycles. The standard InChI is InChI=1S/C34H24Cl2F2N2O5/c35-27-11-21-25(15-37)23(9-17-3-1-5-19(39)7-17)33(41)44-29(21)13-31(27)43-32-14-30-22(12-28(32)36)26(16-38)24(34(42)45-30)10-18-4-2-6-20(40)8-18/h1-8,11-14H,9-10,15-16,39-40H2. The maximum atomic E-state index is 14.4. The SMILES string of the molecule is Nc1cccc(Cc2c(CF)c3cc(Cl)c(Oc4cc5oc(=O)c(Cc6cccc(N)c6)c(CF)c5cc4Cl)cc3oc2=O)c1. The van der Waals surface area contributed by atoms with Gasteiger partial charge in [0.2, 0.25) is 0 Å². The van der Waals surface area contributed by atoms with Crippen LogP contribution in [0.3, 0.4) is 0 Å². The van der Waals surface area contributed by atoms with Crippen molar-refractivity contribution in [3.63, 3.8) is 0 Å². The van der Waals surface area contributed by atoms with Crippen molar-refractivity contribution >= 4 is 56.5 Å². The van der Waals surface area contributed by atoms with Crippen LogP contribution in [0.25, 0.3) is 21.9 Å². The largest absolute Gasteiger partial charge is 0.454 e.